The van der Waals surface area contributed by atoms with Crippen molar-refractivity contribution >= 4 is 27.7 Å². The van der Waals surface area contributed by atoms with Gasteiger partial charge in [-0.2, -0.15) is 4.31 Å². The van der Waals surface area contributed by atoms with Gasteiger partial charge in [0.25, 0.3) is 11.5 Å². The summed E-state index contributed by atoms with van der Waals surface area (Å²) >= 11 is 1.50. The molecule has 1 aromatic rings. The van der Waals surface area contributed by atoms with E-state index in [9.17, 15) is 18.0 Å². The van der Waals surface area contributed by atoms with Crippen molar-refractivity contribution < 1.29 is 13.2 Å². The highest BCUT2D eigenvalue weighted by molar-refractivity contribution is 7.99. The van der Waals surface area contributed by atoms with Crippen LogP contribution < -0.4 is 5.56 Å². The van der Waals surface area contributed by atoms with E-state index < -0.39 is 10.0 Å². The fourth-order valence-corrected chi connectivity index (χ4v) is 4.69. The summed E-state index contributed by atoms with van der Waals surface area (Å²) in [6, 6.07) is 0. The minimum absolute atomic E-state index is 0.0503. The molecule has 10 heteroatoms. The topological polar surface area (TPSA) is 92.6 Å². The lowest BCUT2D eigenvalue weighted by molar-refractivity contribution is 0.0694. The summed E-state index contributed by atoms with van der Waals surface area (Å²) in [5.41, 5.74) is -0.253. The van der Waals surface area contributed by atoms with Gasteiger partial charge >= 0.3 is 0 Å². The fraction of sp³-hybridized carbons (Fsp3) is 0.615. The fourth-order valence-electron chi connectivity index (χ4n) is 2.69. The highest BCUT2D eigenvalue weighted by Crippen LogP contribution is 2.21. The van der Waals surface area contributed by atoms with E-state index in [4.69, 9.17) is 0 Å². The summed E-state index contributed by atoms with van der Waals surface area (Å²) in [6.45, 7) is 3.26. The molecule has 1 saturated heterocycles. The van der Waals surface area contributed by atoms with E-state index >= 15 is 0 Å². The van der Waals surface area contributed by atoms with Crippen molar-refractivity contribution in [3.05, 3.63) is 22.1 Å². The minimum atomic E-state index is -3.24. The van der Waals surface area contributed by atoms with Gasteiger partial charge < -0.3 is 4.90 Å². The molecule has 0 saturated carbocycles. The molecule has 1 fully saturated rings. The molecule has 0 bridgehead atoms. The molecule has 1 amide bonds. The summed E-state index contributed by atoms with van der Waals surface area (Å²) in [7, 11) is -3.24. The van der Waals surface area contributed by atoms with Crippen LogP contribution in [0, 0.1) is 0 Å². The average Bonchev–Trinajstić information content (AvgIpc) is 3.04. The van der Waals surface area contributed by atoms with Gasteiger partial charge in [-0.3, -0.25) is 14.2 Å². The molecule has 3 rings (SSSR count). The Balaban J connectivity index is 1.75. The molecule has 2 aliphatic heterocycles. The quantitative estimate of drug-likeness (QED) is 0.674. The van der Waals surface area contributed by atoms with Gasteiger partial charge in [-0.15, -0.1) is 0 Å². The number of aromatic nitrogens is 2. The molecule has 0 atom stereocenters. The number of piperazine rings is 1. The van der Waals surface area contributed by atoms with Crippen LogP contribution in [0.4, 0.5) is 0 Å². The van der Waals surface area contributed by atoms with Crippen molar-refractivity contribution in [2.75, 3.05) is 37.7 Å². The molecular weight excluding hydrogens is 340 g/mol. The summed E-state index contributed by atoms with van der Waals surface area (Å²) < 4.78 is 26.6. The number of amides is 1. The molecule has 23 heavy (non-hydrogen) atoms. The first-order valence-corrected chi connectivity index (χ1v) is 10.0. The molecule has 126 valence electrons. The normalized spacial score (nSPS) is 18.9. The summed E-state index contributed by atoms with van der Waals surface area (Å²) in [5.74, 6) is 0.463. The number of hydrogen-bond donors (Lipinski definition) is 0. The van der Waals surface area contributed by atoms with E-state index in [1.807, 2.05) is 0 Å². The lowest BCUT2D eigenvalue weighted by Gasteiger charge is -2.33. The van der Waals surface area contributed by atoms with Gasteiger partial charge in [0, 0.05) is 44.7 Å². The predicted octanol–water partition coefficient (Wildman–Crippen LogP) is -0.543. The second-order valence-corrected chi connectivity index (χ2v) is 8.67. The molecule has 0 N–H and O–H groups in total. The van der Waals surface area contributed by atoms with Crippen molar-refractivity contribution in [3.8, 4) is 0 Å². The van der Waals surface area contributed by atoms with Gasteiger partial charge in [-0.1, -0.05) is 11.8 Å². The van der Waals surface area contributed by atoms with Gasteiger partial charge in [0.15, 0.2) is 5.16 Å². The standard InChI is InChI=1S/C13H18N4O4S2/c1-2-23(20,21)16-5-3-15(4-6-16)11(18)10-9-14-13-17(12(10)19)7-8-22-13/h9H,2-8H2,1H3. The lowest BCUT2D eigenvalue weighted by Crippen LogP contribution is -2.51. The molecule has 3 heterocycles. The Bertz CT molecular complexity index is 782. The third-order valence-corrected chi connectivity index (χ3v) is 6.92. The van der Waals surface area contributed by atoms with Crippen LogP contribution in [-0.2, 0) is 16.6 Å². The van der Waals surface area contributed by atoms with Gasteiger partial charge in [-0.25, -0.2) is 13.4 Å². The molecule has 0 radical (unpaired) electrons. The third-order valence-electron chi connectivity index (χ3n) is 4.07. The highest BCUT2D eigenvalue weighted by Gasteiger charge is 2.30. The summed E-state index contributed by atoms with van der Waals surface area (Å²) in [4.78, 5) is 30.6. The van der Waals surface area contributed by atoms with Crippen molar-refractivity contribution in [2.45, 2.75) is 18.6 Å². The van der Waals surface area contributed by atoms with Gasteiger partial charge in [0.2, 0.25) is 10.0 Å². The van der Waals surface area contributed by atoms with Crippen molar-refractivity contribution in [1.82, 2.24) is 18.8 Å². The molecule has 1 aromatic heterocycles. The number of carbonyl (C=O) groups excluding carboxylic acids is 1. The van der Waals surface area contributed by atoms with Crippen molar-refractivity contribution in [2.24, 2.45) is 0 Å². The monoisotopic (exact) mass is 358 g/mol. The zero-order chi connectivity index (χ0) is 16.6. The molecule has 2 aliphatic rings. The van der Waals surface area contributed by atoms with Gasteiger partial charge in [0.1, 0.15) is 5.56 Å². The SMILES string of the molecule is CCS(=O)(=O)N1CCN(C(=O)c2cnc3n(c2=O)CCS3)CC1. The predicted molar refractivity (Wildman–Crippen MR) is 86.2 cm³/mol. The highest BCUT2D eigenvalue weighted by atomic mass is 32.2. The number of nitrogens with zero attached hydrogens (tertiary/aromatic N) is 4. The number of rotatable bonds is 3. The van der Waals surface area contributed by atoms with Crippen LogP contribution in [0.3, 0.4) is 0 Å². The Labute approximate surface area is 138 Å². The van der Waals surface area contributed by atoms with E-state index in [1.54, 1.807) is 6.92 Å². The smallest absolute Gasteiger partial charge is 0.267 e. The number of sulfonamides is 1. The minimum Gasteiger partial charge on any atom is -0.336 e. The maximum Gasteiger partial charge on any atom is 0.267 e. The third kappa shape index (κ3) is 3.02. The summed E-state index contributed by atoms with van der Waals surface area (Å²) in [5, 5.41) is 0.644. The zero-order valence-electron chi connectivity index (χ0n) is 12.8. The van der Waals surface area contributed by atoms with E-state index in [1.165, 1.54) is 31.7 Å². The van der Waals surface area contributed by atoms with E-state index in [2.05, 4.69) is 4.98 Å². The lowest BCUT2D eigenvalue weighted by atomic mass is 10.2. The summed E-state index contributed by atoms with van der Waals surface area (Å²) in [6.07, 6.45) is 1.34. The number of carbonyl (C=O) groups is 1. The Morgan fingerprint density at radius 2 is 1.96 bits per heavy atom. The van der Waals surface area contributed by atoms with Crippen molar-refractivity contribution in [3.63, 3.8) is 0 Å². The Morgan fingerprint density at radius 1 is 1.26 bits per heavy atom. The maximum atomic E-state index is 12.5. The van der Waals surface area contributed by atoms with Crippen LogP contribution in [0.15, 0.2) is 16.1 Å². The van der Waals surface area contributed by atoms with Crippen LogP contribution in [0.1, 0.15) is 17.3 Å². The number of fused-ring (bicyclic) bond motifs is 1. The van der Waals surface area contributed by atoms with Crippen LogP contribution in [0.25, 0.3) is 0 Å². The Kier molecular flexibility index (Phi) is 4.47. The van der Waals surface area contributed by atoms with E-state index in [-0.39, 0.29) is 49.0 Å². The van der Waals surface area contributed by atoms with E-state index in [0.717, 1.165) is 5.75 Å². The maximum absolute atomic E-state index is 12.5. The van der Waals surface area contributed by atoms with Gasteiger partial charge in [0.05, 0.1) is 5.75 Å². The molecule has 0 aliphatic carbocycles. The van der Waals surface area contributed by atoms with Crippen molar-refractivity contribution in [1.29, 1.82) is 0 Å². The number of thioether (sulfide) groups is 1. The first-order valence-electron chi connectivity index (χ1n) is 7.44. The van der Waals surface area contributed by atoms with Crippen LogP contribution in [-0.4, -0.2) is 70.8 Å². The Hall–Kier alpha value is -1.39. The second kappa shape index (κ2) is 6.25. The van der Waals surface area contributed by atoms with Gasteiger partial charge in [-0.05, 0) is 6.92 Å². The second-order valence-electron chi connectivity index (χ2n) is 5.35. The molecule has 0 spiro atoms. The Morgan fingerprint density at radius 3 is 2.61 bits per heavy atom. The molecule has 8 nitrogen and oxygen atoms in total. The first kappa shape index (κ1) is 16.5. The van der Waals surface area contributed by atoms with Crippen LogP contribution in [0.2, 0.25) is 0 Å². The van der Waals surface area contributed by atoms with Crippen LogP contribution in [0.5, 0.6) is 0 Å². The zero-order valence-corrected chi connectivity index (χ0v) is 14.4. The molecule has 0 aromatic carbocycles. The first-order chi connectivity index (χ1) is 10.9. The molecular formula is C13H18N4O4S2. The van der Waals surface area contributed by atoms with Crippen LogP contribution >= 0.6 is 11.8 Å². The van der Waals surface area contributed by atoms with E-state index in [0.29, 0.717) is 11.7 Å². The molecule has 0 unspecified atom stereocenters. The number of hydrogen-bond acceptors (Lipinski definition) is 6. The largest absolute Gasteiger partial charge is 0.336 e. The average molecular weight is 358 g/mol.